The number of hydrogen-bond acceptors (Lipinski definition) is 0. The van der Waals surface area contributed by atoms with E-state index in [1.54, 1.807) is 7.69 Å². The fourth-order valence-corrected chi connectivity index (χ4v) is 31.1. The molecule has 2 rings (SSSR count). The second-order valence-electron chi connectivity index (χ2n) is 17.2. The van der Waals surface area contributed by atoms with Crippen LogP contribution in [0.2, 0.25) is 28.4 Å². The van der Waals surface area contributed by atoms with Gasteiger partial charge in [-0.2, -0.15) is 0 Å². The summed E-state index contributed by atoms with van der Waals surface area (Å²) >= 11 is 0. The molecule has 0 fully saturated rings. The van der Waals surface area contributed by atoms with Gasteiger partial charge >= 0.3 is 153 Å². The molecule has 0 unspecified atom stereocenters. The van der Waals surface area contributed by atoms with Gasteiger partial charge in [-0.25, -0.2) is 0 Å². The quantitative estimate of drug-likeness (QED) is 0.417. The zero-order valence-corrected chi connectivity index (χ0v) is 23.7. The topological polar surface area (TPSA) is 15.8 Å². The second kappa shape index (κ2) is 4.29. The SMILES string of the molecule is C[C](C)=[Ti]([CH3])([CH3])([CH3])([CH3])([C]1=CC=CC1)([c]1ccc[nH]1)([C](C)(C)C)[C](C)(C)C.Cl.Cl. The van der Waals surface area contributed by atoms with Gasteiger partial charge < -0.3 is 0 Å². The summed E-state index contributed by atoms with van der Waals surface area (Å²) in [5.74, 6) is 0. The van der Waals surface area contributed by atoms with E-state index in [1.807, 2.05) is 0 Å². The molecule has 0 atom stereocenters. The number of halogens is 2. The third-order valence-electron chi connectivity index (χ3n) is 16.9. The number of allylic oxidation sites excluding steroid dienone is 4. The van der Waals surface area contributed by atoms with Gasteiger partial charge in [-0.3, -0.25) is 0 Å². The monoisotopic (exact) mass is 467 g/mol. The molecule has 28 heavy (non-hydrogen) atoms. The third kappa shape index (κ3) is 1.33. The van der Waals surface area contributed by atoms with Gasteiger partial charge in [0, 0.05) is 0 Å². The molecule has 0 aliphatic heterocycles. The molecule has 166 valence electrons. The molecular formula is C24H47Cl2NTi. The van der Waals surface area contributed by atoms with Gasteiger partial charge in [-0.05, 0) is 0 Å². The molecular weight excluding hydrogens is 421 g/mol. The molecule has 0 spiro atoms. The Morgan fingerprint density at radius 3 is 1.61 bits per heavy atom. The van der Waals surface area contributed by atoms with E-state index in [2.05, 4.69) is 118 Å². The summed E-state index contributed by atoms with van der Waals surface area (Å²) in [6, 6.07) is 4.57. The maximum atomic E-state index is 3.83. The van der Waals surface area contributed by atoms with Gasteiger partial charge in [0.25, 0.3) is 0 Å². The van der Waals surface area contributed by atoms with Crippen molar-refractivity contribution in [2.45, 2.75) is 90.2 Å². The summed E-state index contributed by atoms with van der Waals surface area (Å²) in [6.45, 7) is 19.8. The molecule has 1 aliphatic carbocycles. The fraction of sp³-hybridized carbons (Fsp3) is 0.625. The Morgan fingerprint density at radius 2 is 1.36 bits per heavy atom. The summed E-state index contributed by atoms with van der Waals surface area (Å²) in [7, 11) is -5.97. The predicted molar refractivity (Wildman–Crippen MR) is 136 cm³/mol. The maximum absolute atomic E-state index is 5.97. The Bertz CT molecular complexity index is 1050. The molecule has 1 N–H and O–H groups in total. The van der Waals surface area contributed by atoms with Crippen LogP contribution in [0.4, 0.5) is 0 Å². The van der Waals surface area contributed by atoms with Gasteiger partial charge in [-0.15, -0.1) is 24.8 Å². The number of H-pyrrole nitrogens is 1. The van der Waals surface area contributed by atoms with Crippen LogP contribution in [0, 0.1) is 0 Å². The number of nitrogens with one attached hydrogen (secondary N) is 1. The molecule has 0 amide bonds. The minimum atomic E-state index is -5.97. The smallest absolute Gasteiger partial charge is 0.147 e. The van der Waals surface area contributed by atoms with Crippen molar-refractivity contribution in [1.29, 1.82) is 0 Å². The summed E-state index contributed by atoms with van der Waals surface area (Å²) in [5.41, 5.74) is 0. The van der Waals surface area contributed by atoms with Crippen LogP contribution < -0.4 is 4.00 Å². The van der Waals surface area contributed by atoms with Crippen LogP contribution in [-0.2, 0) is 9.71 Å². The van der Waals surface area contributed by atoms with Crippen molar-refractivity contribution in [2.75, 3.05) is 0 Å². The Labute approximate surface area is 177 Å². The summed E-state index contributed by atoms with van der Waals surface area (Å²) in [6.07, 6.45) is 10.2. The molecule has 1 heterocycles. The van der Waals surface area contributed by atoms with Crippen molar-refractivity contribution in [3.05, 3.63) is 40.4 Å². The number of rotatable bonds is 2. The van der Waals surface area contributed by atoms with Crippen LogP contribution in [0.3, 0.4) is 0 Å². The molecule has 1 nitrogen and oxygen atoms in total. The Balaban J connectivity index is 0.00000364. The Morgan fingerprint density at radius 1 is 0.893 bits per heavy atom. The van der Waals surface area contributed by atoms with Crippen LogP contribution in [0.5, 0.6) is 0 Å². The van der Waals surface area contributed by atoms with E-state index in [0.29, 0.717) is 0 Å². The summed E-state index contributed by atoms with van der Waals surface area (Å²) in [5, 5.41) is 10.9. The zero-order valence-electron chi connectivity index (χ0n) is 20.5. The predicted octanol–water partition coefficient (Wildman–Crippen LogP) is 9.00. The largest absolute Gasteiger partial charge is 0.147 e. The van der Waals surface area contributed by atoms with E-state index in [-0.39, 0.29) is 32.3 Å². The van der Waals surface area contributed by atoms with Crippen LogP contribution in [0.1, 0.15) is 61.8 Å². The van der Waals surface area contributed by atoms with E-state index in [0.717, 1.165) is 6.42 Å². The molecule has 0 radical (unpaired) electrons. The fourth-order valence-electron chi connectivity index (χ4n) is 7.98. The van der Waals surface area contributed by atoms with Crippen molar-refractivity contribution >= 4 is 32.6 Å². The minimum absolute atomic E-state index is 0. The summed E-state index contributed by atoms with van der Waals surface area (Å²) < 4.78 is 4.40. The first-order valence-corrected chi connectivity index (χ1v) is 20.6. The van der Waals surface area contributed by atoms with E-state index >= 15 is 0 Å². The average molecular weight is 468 g/mol. The first kappa shape index (κ1) is 27.9. The molecule has 1 aliphatic rings. The van der Waals surface area contributed by atoms with Gasteiger partial charge in [0.05, 0.1) is 0 Å². The van der Waals surface area contributed by atoms with E-state index in [1.165, 1.54) is 4.00 Å². The molecule has 4 heteroatoms. The normalized spacial score (nSPS) is 22.6. The van der Waals surface area contributed by atoms with Gasteiger partial charge in [0.1, 0.15) is 0 Å². The molecule has 0 bridgehead atoms. The van der Waals surface area contributed by atoms with Gasteiger partial charge in [0.2, 0.25) is 0 Å². The van der Waals surface area contributed by atoms with Crippen molar-refractivity contribution in [3.63, 3.8) is 0 Å². The van der Waals surface area contributed by atoms with E-state index < -0.39 is 9.71 Å². The first-order chi connectivity index (χ1) is 11.0. The molecule has 1 aromatic heterocycles. The van der Waals surface area contributed by atoms with Gasteiger partial charge in [0.15, 0.2) is 0 Å². The van der Waals surface area contributed by atoms with Crippen molar-refractivity contribution < 1.29 is 9.71 Å². The van der Waals surface area contributed by atoms with Crippen LogP contribution >= 0.6 is 24.8 Å². The van der Waals surface area contributed by atoms with E-state index in [9.17, 15) is 0 Å². The standard InChI is InChI=1S/C5H5.C4H4N.2C4H9.C3H6.4CH3.2ClH.Ti/c2*1-2-4-5-3-1;2*1-4(2)3;1-3-2;;;;;;;/h1-3H,4H2;1-3,5H;2*1-3H3;1-2H3;4*1H3;2*1H;. The van der Waals surface area contributed by atoms with Crippen LogP contribution in [0.25, 0.3) is 0 Å². The first-order valence-electron chi connectivity index (χ1n) is 10.5. The molecule has 0 saturated heterocycles. The minimum Gasteiger partial charge on any atom is -0.147 e. The number of hydrogen-bond donors (Lipinski definition) is 1. The van der Waals surface area contributed by atoms with Crippen molar-refractivity contribution in [3.8, 4) is 0 Å². The Kier molecular flexibility index (Phi) is 4.28. The van der Waals surface area contributed by atoms with Gasteiger partial charge in [-0.1, -0.05) is 0 Å². The third-order valence-corrected chi connectivity index (χ3v) is 66.5. The van der Waals surface area contributed by atoms with Crippen molar-refractivity contribution in [1.82, 2.24) is 4.98 Å². The number of aromatic nitrogens is 1. The van der Waals surface area contributed by atoms with E-state index in [4.69, 9.17) is 0 Å². The van der Waals surface area contributed by atoms with Crippen LogP contribution in [-0.4, -0.2) is 8.80 Å². The molecule has 1 aromatic rings. The van der Waals surface area contributed by atoms with Crippen molar-refractivity contribution in [2.24, 2.45) is 0 Å². The molecule has 0 saturated carbocycles. The molecule has 0 aromatic carbocycles. The zero-order chi connectivity index (χ0) is 20.7. The average Bonchev–Trinajstić information content (AvgIpc) is 3.12. The number of aromatic amines is 1. The summed E-state index contributed by atoms with van der Waals surface area (Å²) in [4.78, 5) is 3.83. The second-order valence-corrected chi connectivity index (χ2v) is 54.1. The Hall–Kier alpha value is -0.0757. The van der Waals surface area contributed by atoms with Crippen LogP contribution in [0.15, 0.2) is 40.4 Å². The maximum Gasteiger partial charge on any atom is -0.147 e.